The summed E-state index contributed by atoms with van der Waals surface area (Å²) < 4.78 is 38.8. The van der Waals surface area contributed by atoms with E-state index < -0.39 is 26.7 Å². The number of rotatable bonds is 7. The van der Waals surface area contributed by atoms with E-state index in [-0.39, 0.29) is 62.2 Å². The summed E-state index contributed by atoms with van der Waals surface area (Å²) in [7, 11) is -4.70. The van der Waals surface area contributed by atoms with Crippen molar-refractivity contribution in [3.63, 3.8) is 0 Å². The Morgan fingerprint density at radius 2 is 1.74 bits per heavy atom. The fourth-order valence-corrected chi connectivity index (χ4v) is 4.72. The van der Waals surface area contributed by atoms with E-state index >= 15 is 0 Å². The minimum Gasteiger partial charge on any atom is -0.870 e. The number of halogens is 2. The SMILES string of the molecule is CCOc1ccc(Cl)c(NC(=O)c2cc3ccccc3c(N=Nc3c(S(=O)(=O)O)ccc(C)c3Cl)c2[O-])c1.[Na+]. The van der Waals surface area contributed by atoms with Gasteiger partial charge in [0.15, 0.2) is 0 Å². The van der Waals surface area contributed by atoms with Crippen molar-refractivity contribution in [1.82, 2.24) is 0 Å². The van der Waals surface area contributed by atoms with E-state index in [4.69, 9.17) is 27.9 Å². The Labute approximate surface area is 256 Å². The van der Waals surface area contributed by atoms with Crippen molar-refractivity contribution in [2.45, 2.75) is 18.7 Å². The first-order valence-electron chi connectivity index (χ1n) is 11.2. The molecule has 2 N–H and O–H groups in total. The van der Waals surface area contributed by atoms with Crippen molar-refractivity contribution < 1.29 is 57.2 Å². The number of carbonyl (C=O) groups is 1. The Kier molecular flexibility index (Phi) is 10.0. The summed E-state index contributed by atoms with van der Waals surface area (Å²) in [6.07, 6.45) is 0. The number of hydrogen-bond acceptors (Lipinski definition) is 7. The van der Waals surface area contributed by atoms with E-state index in [1.807, 2.05) is 6.92 Å². The Morgan fingerprint density at radius 1 is 1.05 bits per heavy atom. The van der Waals surface area contributed by atoms with Gasteiger partial charge in [-0.1, -0.05) is 59.3 Å². The Morgan fingerprint density at radius 3 is 2.44 bits per heavy atom. The number of benzene rings is 4. The molecule has 0 aromatic heterocycles. The maximum Gasteiger partial charge on any atom is 1.00 e. The van der Waals surface area contributed by atoms with E-state index in [2.05, 4.69) is 15.5 Å². The number of amides is 1. The molecule has 4 rings (SSSR count). The zero-order chi connectivity index (χ0) is 27.6. The van der Waals surface area contributed by atoms with Gasteiger partial charge in [-0.05, 0) is 49.1 Å². The normalized spacial score (nSPS) is 11.4. The monoisotopic (exact) mass is 595 g/mol. The summed E-state index contributed by atoms with van der Waals surface area (Å²) in [6, 6.07) is 15.3. The van der Waals surface area contributed by atoms with Gasteiger partial charge >= 0.3 is 29.6 Å². The first kappa shape index (κ1) is 30.8. The molecule has 4 aromatic rings. The molecule has 0 radical (unpaired) electrons. The van der Waals surface area contributed by atoms with Crippen LogP contribution in [0.5, 0.6) is 11.5 Å². The van der Waals surface area contributed by atoms with Crippen LogP contribution in [0.25, 0.3) is 10.8 Å². The standard InChI is InChI=1S/C26H21Cl2N3O6S.Na/c1-3-37-16-9-10-19(27)20(13-16)29-26(33)18-12-15-6-4-5-7-17(15)23(25(18)32)30-31-24-21(38(34,35)36)11-8-14(2)22(24)28;/h4-13,32H,3H2,1-2H3,(H,29,33)(H,34,35,36);/q;+1/p-1. The minimum atomic E-state index is -4.70. The summed E-state index contributed by atoms with van der Waals surface area (Å²) in [5.74, 6) is -1.04. The predicted octanol–water partition coefficient (Wildman–Crippen LogP) is 3.85. The number of ether oxygens (including phenoxy) is 1. The van der Waals surface area contributed by atoms with Crippen LogP contribution in [0.2, 0.25) is 10.0 Å². The second-order valence-electron chi connectivity index (χ2n) is 8.07. The third-order valence-corrected chi connectivity index (χ3v) is 7.21. The average molecular weight is 596 g/mol. The summed E-state index contributed by atoms with van der Waals surface area (Å²) in [5, 5.41) is 25.1. The van der Waals surface area contributed by atoms with Gasteiger partial charge in [-0.15, -0.1) is 5.11 Å². The van der Waals surface area contributed by atoms with E-state index in [0.29, 0.717) is 28.7 Å². The van der Waals surface area contributed by atoms with Crippen LogP contribution in [-0.4, -0.2) is 25.5 Å². The van der Waals surface area contributed by atoms with Gasteiger partial charge in [0.05, 0.1) is 28.0 Å². The molecule has 0 saturated heterocycles. The molecule has 0 aliphatic rings. The topological polar surface area (TPSA) is 140 Å². The molecular formula is C26H20Cl2N3NaO6S. The molecule has 0 saturated carbocycles. The molecule has 0 aliphatic heterocycles. The first-order chi connectivity index (χ1) is 18.0. The smallest absolute Gasteiger partial charge is 0.870 e. The minimum absolute atomic E-state index is 0. The number of hydrogen-bond donors (Lipinski definition) is 2. The largest absolute Gasteiger partial charge is 1.00 e. The number of carbonyl (C=O) groups excluding carboxylic acids is 1. The van der Waals surface area contributed by atoms with Crippen LogP contribution in [-0.2, 0) is 10.1 Å². The van der Waals surface area contributed by atoms with Crippen LogP contribution in [0.1, 0.15) is 22.8 Å². The van der Waals surface area contributed by atoms with Gasteiger partial charge in [-0.25, -0.2) is 0 Å². The fourth-order valence-electron chi connectivity index (χ4n) is 3.67. The summed E-state index contributed by atoms with van der Waals surface area (Å²) in [4.78, 5) is 12.6. The molecule has 0 aliphatic carbocycles. The molecule has 4 aromatic carbocycles. The molecule has 13 heteroatoms. The second kappa shape index (κ2) is 12.6. The quantitative estimate of drug-likeness (QED) is 0.189. The molecule has 0 atom stereocenters. The summed E-state index contributed by atoms with van der Waals surface area (Å²) >= 11 is 12.5. The summed E-state index contributed by atoms with van der Waals surface area (Å²) in [5.41, 5.74) is -0.101. The van der Waals surface area contributed by atoms with Gasteiger partial charge in [0.2, 0.25) is 0 Å². The van der Waals surface area contributed by atoms with Gasteiger partial charge < -0.3 is 15.2 Å². The van der Waals surface area contributed by atoms with Gasteiger partial charge in [0, 0.05) is 17.0 Å². The van der Waals surface area contributed by atoms with Gasteiger partial charge in [0.1, 0.15) is 16.3 Å². The number of nitrogens with one attached hydrogen (secondary N) is 1. The van der Waals surface area contributed by atoms with Crippen LogP contribution in [0.3, 0.4) is 0 Å². The number of anilines is 1. The summed E-state index contributed by atoms with van der Waals surface area (Å²) in [6.45, 7) is 3.83. The van der Waals surface area contributed by atoms with Crippen molar-refractivity contribution in [3.8, 4) is 11.5 Å². The van der Waals surface area contributed by atoms with E-state index in [1.54, 1.807) is 43.3 Å². The van der Waals surface area contributed by atoms with Crippen molar-refractivity contribution >= 4 is 67.1 Å². The van der Waals surface area contributed by atoms with Crippen LogP contribution in [0, 0.1) is 6.92 Å². The Bertz CT molecular complexity index is 1710. The van der Waals surface area contributed by atoms with Gasteiger partial charge in [-0.3, -0.25) is 9.35 Å². The molecule has 39 heavy (non-hydrogen) atoms. The maximum absolute atomic E-state index is 13.5. The molecule has 0 heterocycles. The van der Waals surface area contributed by atoms with Gasteiger partial charge in [0.25, 0.3) is 16.0 Å². The Balaban J connectivity index is 0.00000420. The van der Waals surface area contributed by atoms with Crippen LogP contribution >= 0.6 is 23.2 Å². The van der Waals surface area contributed by atoms with Crippen LogP contribution in [0.4, 0.5) is 17.1 Å². The molecule has 0 fully saturated rings. The predicted molar refractivity (Wildman–Crippen MR) is 144 cm³/mol. The fraction of sp³-hybridized carbons (Fsp3) is 0.115. The van der Waals surface area contributed by atoms with Gasteiger partial charge in [-0.2, -0.15) is 13.5 Å². The van der Waals surface area contributed by atoms with E-state index in [1.165, 1.54) is 18.2 Å². The zero-order valence-corrected chi connectivity index (χ0v) is 25.4. The van der Waals surface area contributed by atoms with E-state index in [9.17, 15) is 22.9 Å². The maximum atomic E-state index is 13.5. The average Bonchev–Trinajstić information content (AvgIpc) is 2.86. The van der Waals surface area contributed by atoms with Crippen molar-refractivity contribution in [2.24, 2.45) is 10.2 Å². The number of fused-ring (bicyclic) bond motifs is 1. The Hall–Kier alpha value is -2.70. The molecule has 0 spiro atoms. The third kappa shape index (κ3) is 6.72. The molecule has 0 unspecified atom stereocenters. The van der Waals surface area contributed by atoms with Crippen molar-refractivity contribution in [1.29, 1.82) is 0 Å². The first-order valence-corrected chi connectivity index (χ1v) is 13.4. The zero-order valence-electron chi connectivity index (χ0n) is 21.0. The molecule has 196 valence electrons. The molecule has 9 nitrogen and oxygen atoms in total. The molecule has 1 amide bonds. The van der Waals surface area contributed by atoms with Crippen LogP contribution in [0.15, 0.2) is 75.8 Å². The van der Waals surface area contributed by atoms with Crippen molar-refractivity contribution in [3.05, 3.63) is 81.8 Å². The second-order valence-corrected chi connectivity index (χ2v) is 10.2. The molecular weight excluding hydrogens is 576 g/mol. The van der Waals surface area contributed by atoms with Crippen LogP contribution < -0.4 is 44.7 Å². The molecule has 0 bridgehead atoms. The van der Waals surface area contributed by atoms with E-state index in [0.717, 1.165) is 6.07 Å². The number of aryl methyl sites for hydroxylation is 1. The third-order valence-electron chi connectivity index (χ3n) is 5.52. The van der Waals surface area contributed by atoms with Crippen molar-refractivity contribution in [2.75, 3.05) is 11.9 Å². The number of azo groups is 1. The number of nitrogens with zero attached hydrogens (tertiary/aromatic N) is 2.